The molecule has 1 saturated heterocycles. The van der Waals surface area contributed by atoms with E-state index in [1.807, 2.05) is 0 Å². The average molecular weight is 240 g/mol. The Hall–Kier alpha value is -0.520. The van der Waals surface area contributed by atoms with E-state index < -0.39 is 0 Å². The summed E-state index contributed by atoms with van der Waals surface area (Å²) in [5, 5.41) is 9.97. The van der Waals surface area contributed by atoms with Crippen molar-refractivity contribution < 1.29 is 0 Å². The Morgan fingerprint density at radius 2 is 2.14 bits per heavy atom. The number of nitrogen functional groups attached to an aromatic ring is 1. The molecule has 7 heteroatoms. The number of nitrogens with two attached hydrogens (primary N) is 1. The van der Waals surface area contributed by atoms with Gasteiger partial charge in [0.1, 0.15) is 5.82 Å². The third-order valence-corrected chi connectivity index (χ3v) is 2.20. The molecule has 14 heavy (non-hydrogen) atoms. The van der Waals surface area contributed by atoms with Crippen LogP contribution in [-0.2, 0) is 0 Å². The van der Waals surface area contributed by atoms with Crippen LogP contribution < -0.4 is 11.1 Å². The number of nitrogens with one attached hydrogen (secondary N) is 2. The van der Waals surface area contributed by atoms with Crippen LogP contribution in [0.25, 0.3) is 0 Å². The highest BCUT2D eigenvalue weighted by Gasteiger charge is 2.17. The Balaban J connectivity index is 0.000000845. The molecule has 0 bridgehead atoms. The van der Waals surface area contributed by atoms with E-state index in [1.165, 1.54) is 12.8 Å². The Bertz CT molecular complexity index is 258. The van der Waals surface area contributed by atoms with Gasteiger partial charge in [0.05, 0.1) is 0 Å². The lowest BCUT2D eigenvalue weighted by Gasteiger charge is -2.19. The number of H-pyrrole nitrogens is 1. The maximum absolute atomic E-state index is 5.41. The van der Waals surface area contributed by atoms with Gasteiger partial charge in [-0.3, -0.25) is 5.10 Å². The number of piperidine rings is 1. The van der Waals surface area contributed by atoms with E-state index in [0.29, 0.717) is 11.9 Å². The van der Waals surface area contributed by atoms with Gasteiger partial charge in [-0.25, -0.2) is 0 Å². The molecule has 1 aromatic heterocycles. The largest absolute Gasteiger partial charge is 0.367 e. The van der Waals surface area contributed by atoms with Crippen LogP contribution in [0.2, 0.25) is 0 Å². The summed E-state index contributed by atoms with van der Waals surface area (Å²) >= 11 is 0. The lowest BCUT2D eigenvalue weighted by molar-refractivity contribution is 0.447. The number of nitrogens with zero attached hydrogens (tertiary/aromatic N) is 2. The highest BCUT2D eigenvalue weighted by molar-refractivity contribution is 5.85. The first-order valence-corrected chi connectivity index (χ1v) is 4.25. The molecule has 0 spiro atoms. The lowest BCUT2D eigenvalue weighted by atomic mass is 9.99. The Labute approximate surface area is 95.1 Å². The van der Waals surface area contributed by atoms with Gasteiger partial charge >= 0.3 is 0 Å². The molecule has 1 unspecified atom stereocenters. The van der Waals surface area contributed by atoms with Crippen molar-refractivity contribution in [3.8, 4) is 0 Å². The van der Waals surface area contributed by atoms with E-state index in [9.17, 15) is 0 Å². The van der Waals surface area contributed by atoms with Gasteiger partial charge in [0.25, 0.3) is 0 Å². The second kappa shape index (κ2) is 6.06. The molecule has 1 aliphatic rings. The molecular formula is C7H15Cl2N5. The molecule has 0 saturated carbocycles. The number of anilines is 1. The Kier molecular flexibility index (Phi) is 5.83. The van der Waals surface area contributed by atoms with Crippen LogP contribution in [0.3, 0.4) is 0 Å². The highest BCUT2D eigenvalue weighted by Crippen LogP contribution is 2.19. The topological polar surface area (TPSA) is 79.6 Å². The second-order valence-corrected chi connectivity index (χ2v) is 3.12. The molecule has 2 heterocycles. The van der Waals surface area contributed by atoms with E-state index in [2.05, 4.69) is 20.5 Å². The Morgan fingerprint density at radius 3 is 2.64 bits per heavy atom. The quantitative estimate of drug-likeness (QED) is 0.675. The standard InChI is InChI=1S/C7H13N5.2ClH/c8-7-10-6(11-12-7)5-2-1-3-9-4-5;;/h5,9H,1-4H2,(H3,8,10,11,12);2*1H. The SMILES string of the molecule is Cl.Cl.Nc1n[nH]c(C2CCCNC2)n1. The predicted octanol–water partition coefficient (Wildman–Crippen LogP) is 0.697. The second-order valence-electron chi connectivity index (χ2n) is 3.12. The van der Waals surface area contributed by atoms with Crippen molar-refractivity contribution in [2.24, 2.45) is 0 Å². The molecule has 4 N–H and O–H groups in total. The minimum atomic E-state index is 0. The minimum Gasteiger partial charge on any atom is -0.367 e. The van der Waals surface area contributed by atoms with Crippen molar-refractivity contribution in [2.75, 3.05) is 18.8 Å². The summed E-state index contributed by atoms with van der Waals surface area (Å²) in [6.07, 6.45) is 2.37. The summed E-state index contributed by atoms with van der Waals surface area (Å²) in [4.78, 5) is 4.11. The fourth-order valence-electron chi connectivity index (χ4n) is 1.56. The number of hydrogen-bond donors (Lipinski definition) is 3. The number of halogens is 2. The summed E-state index contributed by atoms with van der Waals surface area (Å²) in [7, 11) is 0. The molecule has 0 radical (unpaired) electrons. The van der Waals surface area contributed by atoms with Gasteiger partial charge in [-0.15, -0.1) is 29.9 Å². The zero-order chi connectivity index (χ0) is 8.39. The van der Waals surface area contributed by atoms with Crippen molar-refractivity contribution in [2.45, 2.75) is 18.8 Å². The van der Waals surface area contributed by atoms with Crippen LogP contribution in [0, 0.1) is 0 Å². The summed E-state index contributed by atoms with van der Waals surface area (Å²) in [6.45, 7) is 2.09. The van der Waals surface area contributed by atoms with E-state index in [0.717, 1.165) is 18.9 Å². The summed E-state index contributed by atoms with van der Waals surface area (Å²) in [6, 6.07) is 0. The average Bonchev–Trinajstić information content (AvgIpc) is 2.54. The van der Waals surface area contributed by atoms with E-state index in [-0.39, 0.29) is 24.8 Å². The first-order valence-electron chi connectivity index (χ1n) is 4.25. The minimum absolute atomic E-state index is 0. The van der Waals surface area contributed by atoms with Crippen molar-refractivity contribution in [1.29, 1.82) is 0 Å². The van der Waals surface area contributed by atoms with E-state index in [1.54, 1.807) is 0 Å². The molecule has 1 aliphatic heterocycles. The van der Waals surface area contributed by atoms with Crippen molar-refractivity contribution >= 4 is 30.8 Å². The number of hydrogen-bond acceptors (Lipinski definition) is 4. The maximum Gasteiger partial charge on any atom is 0.239 e. The normalized spacial score (nSPS) is 20.7. The highest BCUT2D eigenvalue weighted by atomic mass is 35.5. The molecule has 1 aromatic rings. The zero-order valence-electron chi connectivity index (χ0n) is 7.69. The van der Waals surface area contributed by atoms with Gasteiger partial charge in [0.2, 0.25) is 5.95 Å². The van der Waals surface area contributed by atoms with E-state index >= 15 is 0 Å². The van der Waals surface area contributed by atoms with Crippen LogP contribution in [-0.4, -0.2) is 28.3 Å². The number of aromatic nitrogens is 3. The molecule has 0 aromatic carbocycles. The monoisotopic (exact) mass is 239 g/mol. The van der Waals surface area contributed by atoms with E-state index in [4.69, 9.17) is 5.73 Å². The zero-order valence-corrected chi connectivity index (χ0v) is 9.33. The fraction of sp³-hybridized carbons (Fsp3) is 0.714. The van der Waals surface area contributed by atoms with Gasteiger partial charge in [0, 0.05) is 12.5 Å². The van der Waals surface area contributed by atoms with Gasteiger partial charge in [0.15, 0.2) is 0 Å². The molecule has 1 atom stereocenters. The maximum atomic E-state index is 5.41. The summed E-state index contributed by atoms with van der Waals surface area (Å²) < 4.78 is 0. The molecule has 0 amide bonds. The molecular weight excluding hydrogens is 225 g/mol. The molecule has 2 rings (SSSR count). The lowest BCUT2D eigenvalue weighted by Crippen LogP contribution is -2.28. The first kappa shape index (κ1) is 13.5. The van der Waals surface area contributed by atoms with Crippen molar-refractivity contribution in [3.63, 3.8) is 0 Å². The molecule has 82 valence electrons. The smallest absolute Gasteiger partial charge is 0.239 e. The molecule has 1 fully saturated rings. The van der Waals surface area contributed by atoms with Crippen LogP contribution >= 0.6 is 24.8 Å². The molecule has 5 nitrogen and oxygen atoms in total. The van der Waals surface area contributed by atoms with Crippen LogP contribution in [0.15, 0.2) is 0 Å². The van der Waals surface area contributed by atoms with Crippen LogP contribution in [0.1, 0.15) is 24.6 Å². The summed E-state index contributed by atoms with van der Waals surface area (Å²) in [5.41, 5.74) is 5.41. The van der Waals surface area contributed by atoms with Crippen molar-refractivity contribution in [3.05, 3.63) is 5.82 Å². The van der Waals surface area contributed by atoms with Crippen molar-refractivity contribution in [1.82, 2.24) is 20.5 Å². The van der Waals surface area contributed by atoms with Gasteiger partial charge in [-0.2, -0.15) is 4.98 Å². The first-order chi connectivity index (χ1) is 5.86. The molecule has 0 aliphatic carbocycles. The number of rotatable bonds is 1. The third kappa shape index (κ3) is 3.01. The van der Waals surface area contributed by atoms with Gasteiger partial charge < -0.3 is 11.1 Å². The third-order valence-electron chi connectivity index (χ3n) is 2.20. The van der Waals surface area contributed by atoms with Crippen LogP contribution in [0.5, 0.6) is 0 Å². The Morgan fingerprint density at radius 1 is 1.36 bits per heavy atom. The van der Waals surface area contributed by atoms with Crippen LogP contribution in [0.4, 0.5) is 5.95 Å². The fourth-order valence-corrected chi connectivity index (χ4v) is 1.56. The number of aromatic amines is 1. The van der Waals surface area contributed by atoms with Gasteiger partial charge in [-0.1, -0.05) is 0 Å². The predicted molar refractivity (Wildman–Crippen MR) is 60.1 cm³/mol. The van der Waals surface area contributed by atoms with Gasteiger partial charge in [-0.05, 0) is 19.4 Å². The summed E-state index contributed by atoms with van der Waals surface area (Å²) in [5.74, 6) is 1.72.